The molecule has 0 aliphatic heterocycles. The van der Waals surface area contributed by atoms with Gasteiger partial charge >= 0.3 is 0 Å². The minimum absolute atomic E-state index is 0.117. The second kappa shape index (κ2) is 7.13. The first-order valence-corrected chi connectivity index (χ1v) is 9.19. The predicted molar refractivity (Wildman–Crippen MR) is 107 cm³/mol. The van der Waals surface area contributed by atoms with Crippen molar-refractivity contribution in [3.63, 3.8) is 0 Å². The van der Waals surface area contributed by atoms with Crippen molar-refractivity contribution in [2.75, 3.05) is 5.32 Å². The molecule has 0 radical (unpaired) electrons. The summed E-state index contributed by atoms with van der Waals surface area (Å²) >= 11 is 1.46. The minimum atomic E-state index is -0.321. The smallest absolute Gasteiger partial charge is 0.262 e. The lowest BCUT2D eigenvalue weighted by Gasteiger charge is -2.08. The van der Waals surface area contributed by atoms with Crippen LogP contribution in [0, 0.1) is 6.92 Å². The average molecular weight is 376 g/mol. The van der Waals surface area contributed by atoms with Crippen molar-refractivity contribution in [1.82, 2.24) is 14.5 Å². The Labute approximate surface area is 159 Å². The number of aryl methyl sites for hydroxylation is 1. The molecule has 0 saturated heterocycles. The zero-order valence-electron chi connectivity index (χ0n) is 14.5. The minimum Gasteiger partial charge on any atom is -0.309 e. The summed E-state index contributed by atoms with van der Waals surface area (Å²) < 4.78 is 1.32. The van der Waals surface area contributed by atoms with Crippen LogP contribution in [0.5, 0.6) is 0 Å². The Hall–Kier alpha value is -3.32. The van der Waals surface area contributed by atoms with Gasteiger partial charge in [-0.2, -0.15) is 0 Å². The molecule has 0 fully saturated rings. The van der Waals surface area contributed by atoms with Gasteiger partial charge in [0.1, 0.15) is 17.2 Å². The molecule has 27 heavy (non-hydrogen) atoms. The third-order valence-electron chi connectivity index (χ3n) is 4.16. The van der Waals surface area contributed by atoms with Gasteiger partial charge in [-0.15, -0.1) is 11.3 Å². The standard InChI is InChI=1S/C20H16N4O2S/c1-13-6-5-9-21-18(13)23-17(25)11-24-12-22-19-15(20(24)26)10-16(27-19)14-7-3-2-4-8-14/h2-10,12H,11H2,1H3,(H,21,23,25). The SMILES string of the molecule is Cc1cccnc1NC(=O)Cn1cnc2sc(-c3ccccc3)cc2c1=O. The summed E-state index contributed by atoms with van der Waals surface area (Å²) in [5.41, 5.74) is 1.67. The number of carbonyl (C=O) groups excluding carboxylic acids is 1. The van der Waals surface area contributed by atoms with Gasteiger partial charge in [0.25, 0.3) is 5.56 Å². The summed E-state index contributed by atoms with van der Waals surface area (Å²) in [5.74, 6) is 0.171. The second-order valence-corrected chi connectivity index (χ2v) is 7.12. The Morgan fingerprint density at radius 1 is 1.15 bits per heavy atom. The molecule has 1 aromatic carbocycles. The number of rotatable bonds is 4. The Balaban J connectivity index is 1.61. The van der Waals surface area contributed by atoms with E-state index in [2.05, 4.69) is 15.3 Å². The van der Waals surface area contributed by atoms with Gasteiger partial charge in [-0.05, 0) is 30.2 Å². The molecule has 134 valence electrons. The van der Waals surface area contributed by atoms with E-state index < -0.39 is 0 Å². The highest BCUT2D eigenvalue weighted by molar-refractivity contribution is 7.21. The average Bonchev–Trinajstić information content (AvgIpc) is 3.12. The maximum atomic E-state index is 12.8. The molecule has 0 aliphatic rings. The van der Waals surface area contributed by atoms with Gasteiger partial charge in [-0.3, -0.25) is 14.2 Å². The molecular formula is C20H16N4O2S. The van der Waals surface area contributed by atoms with Crippen LogP contribution < -0.4 is 10.9 Å². The normalized spacial score (nSPS) is 10.9. The van der Waals surface area contributed by atoms with E-state index in [1.165, 1.54) is 22.2 Å². The highest BCUT2D eigenvalue weighted by atomic mass is 32.1. The third-order valence-corrected chi connectivity index (χ3v) is 5.25. The predicted octanol–water partition coefficient (Wildman–Crippen LogP) is 3.47. The van der Waals surface area contributed by atoms with E-state index >= 15 is 0 Å². The van der Waals surface area contributed by atoms with Gasteiger partial charge in [0, 0.05) is 11.1 Å². The number of aromatic nitrogens is 3. The molecule has 0 spiro atoms. The Kier molecular flexibility index (Phi) is 4.52. The lowest BCUT2D eigenvalue weighted by molar-refractivity contribution is -0.116. The first-order valence-electron chi connectivity index (χ1n) is 8.38. The third kappa shape index (κ3) is 3.50. The van der Waals surface area contributed by atoms with Gasteiger partial charge in [-0.1, -0.05) is 36.4 Å². The van der Waals surface area contributed by atoms with E-state index in [0.29, 0.717) is 16.0 Å². The first kappa shape index (κ1) is 17.1. The second-order valence-electron chi connectivity index (χ2n) is 6.09. The summed E-state index contributed by atoms with van der Waals surface area (Å²) in [4.78, 5) is 35.2. The fraction of sp³-hybridized carbons (Fsp3) is 0.100. The molecule has 7 heteroatoms. The molecule has 3 heterocycles. The molecule has 0 saturated carbocycles. The van der Waals surface area contributed by atoms with Crippen molar-refractivity contribution in [3.8, 4) is 10.4 Å². The van der Waals surface area contributed by atoms with Gasteiger partial charge in [0.05, 0.1) is 11.7 Å². The number of nitrogens with zero attached hydrogens (tertiary/aromatic N) is 3. The molecular weight excluding hydrogens is 360 g/mol. The van der Waals surface area contributed by atoms with Crippen molar-refractivity contribution in [1.29, 1.82) is 0 Å². The van der Waals surface area contributed by atoms with Crippen LogP contribution in [0.2, 0.25) is 0 Å². The van der Waals surface area contributed by atoms with E-state index in [1.54, 1.807) is 12.3 Å². The van der Waals surface area contributed by atoms with Crippen LogP contribution in [0.1, 0.15) is 5.56 Å². The van der Waals surface area contributed by atoms with Crippen molar-refractivity contribution in [2.24, 2.45) is 0 Å². The van der Waals surface area contributed by atoms with Gasteiger partial charge in [0.15, 0.2) is 0 Å². The van der Waals surface area contributed by atoms with Crippen LogP contribution >= 0.6 is 11.3 Å². The molecule has 4 rings (SSSR count). The van der Waals surface area contributed by atoms with Crippen molar-refractivity contribution < 1.29 is 4.79 Å². The number of pyridine rings is 1. The van der Waals surface area contributed by atoms with Crippen LogP contribution in [0.3, 0.4) is 0 Å². The number of anilines is 1. The van der Waals surface area contributed by atoms with Crippen LogP contribution in [0.25, 0.3) is 20.7 Å². The molecule has 0 atom stereocenters. The number of thiophene rings is 1. The van der Waals surface area contributed by atoms with E-state index in [9.17, 15) is 9.59 Å². The van der Waals surface area contributed by atoms with Gasteiger partial charge < -0.3 is 5.32 Å². The Morgan fingerprint density at radius 2 is 1.96 bits per heavy atom. The monoisotopic (exact) mass is 376 g/mol. The highest BCUT2D eigenvalue weighted by Crippen LogP contribution is 2.30. The zero-order valence-corrected chi connectivity index (χ0v) is 15.4. The maximum Gasteiger partial charge on any atom is 0.262 e. The molecule has 1 N–H and O–H groups in total. The summed E-state index contributed by atoms with van der Waals surface area (Å²) in [6.07, 6.45) is 3.03. The molecule has 1 amide bonds. The van der Waals surface area contributed by atoms with Crippen molar-refractivity contribution >= 4 is 33.3 Å². The lowest BCUT2D eigenvalue weighted by Crippen LogP contribution is -2.28. The van der Waals surface area contributed by atoms with Crippen LogP contribution in [-0.2, 0) is 11.3 Å². The van der Waals surface area contributed by atoms with Crippen molar-refractivity contribution in [2.45, 2.75) is 13.5 Å². The summed E-state index contributed by atoms with van der Waals surface area (Å²) in [7, 11) is 0. The summed E-state index contributed by atoms with van der Waals surface area (Å²) in [6.45, 7) is 1.74. The quantitative estimate of drug-likeness (QED) is 0.592. The first-order chi connectivity index (χ1) is 13.1. The lowest BCUT2D eigenvalue weighted by atomic mass is 10.2. The van der Waals surface area contributed by atoms with Gasteiger partial charge in [0.2, 0.25) is 5.91 Å². The van der Waals surface area contributed by atoms with Crippen molar-refractivity contribution in [3.05, 3.63) is 77.0 Å². The molecule has 6 nitrogen and oxygen atoms in total. The number of amides is 1. The van der Waals surface area contributed by atoms with E-state index in [0.717, 1.165) is 16.0 Å². The highest BCUT2D eigenvalue weighted by Gasteiger charge is 2.13. The van der Waals surface area contributed by atoms with E-state index in [-0.39, 0.29) is 18.0 Å². The number of fused-ring (bicyclic) bond motifs is 1. The van der Waals surface area contributed by atoms with E-state index in [4.69, 9.17) is 0 Å². The molecule has 0 aliphatic carbocycles. The summed E-state index contributed by atoms with van der Waals surface area (Å²) in [5, 5.41) is 3.25. The van der Waals surface area contributed by atoms with Crippen LogP contribution in [0.4, 0.5) is 5.82 Å². The number of nitrogens with one attached hydrogen (secondary N) is 1. The topological polar surface area (TPSA) is 76.9 Å². The molecule has 4 aromatic rings. The van der Waals surface area contributed by atoms with Crippen LogP contribution in [0.15, 0.2) is 65.8 Å². The maximum absolute atomic E-state index is 12.8. The molecule has 3 aromatic heterocycles. The number of benzene rings is 1. The molecule has 0 unspecified atom stereocenters. The molecule has 0 bridgehead atoms. The number of hydrogen-bond acceptors (Lipinski definition) is 5. The van der Waals surface area contributed by atoms with Gasteiger partial charge in [-0.25, -0.2) is 9.97 Å². The number of carbonyl (C=O) groups is 1. The van der Waals surface area contributed by atoms with Crippen LogP contribution in [-0.4, -0.2) is 20.4 Å². The summed E-state index contributed by atoms with van der Waals surface area (Å²) in [6, 6.07) is 15.3. The fourth-order valence-electron chi connectivity index (χ4n) is 2.76. The largest absolute Gasteiger partial charge is 0.309 e. The number of hydrogen-bond donors (Lipinski definition) is 1. The Bertz CT molecular complexity index is 1180. The zero-order chi connectivity index (χ0) is 18.8. The fourth-order valence-corrected chi connectivity index (χ4v) is 3.76. The van der Waals surface area contributed by atoms with E-state index in [1.807, 2.05) is 49.4 Å². The Morgan fingerprint density at radius 3 is 2.74 bits per heavy atom.